The minimum atomic E-state index is -0.354. The molecule has 0 aliphatic heterocycles. The van der Waals surface area contributed by atoms with Gasteiger partial charge in [-0.2, -0.15) is 5.10 Å². The largest absolute Gasteiger partial charge is 0.342 e. The molecule has 2 amide bonds. The Morgan fingerprint density at radius 2 is 1.88 bits per heavy atom. The Morgan fingerprint density at radius 3 is 2.60 bits per heavy atom. The van der Waals surface area contributed by atoms with Crippen molar-refractivity contribution < 1.29 is 9.59 Å². The Bertz CT molecular complexity index is 840. The first-order valence-corrected chi connectivity index (χ1v) is 8.21. The molecule has 0 saturated carbocycles. The van der Waals surface area contributed by atoms with E-state index in [-0.39, 0.29) is 18.4 Å². The zero-order valence-corrected chi connectivity index (χ0v) is 14.1. The number of hydrogen-bond acceptors (Lipinski definition) is 3. The molecule has 3 aromatic rings. The third kappa shape index (κ3) is 4.03. The van der Waals surface area contributed by atoms with Gasteiger partial charge in [0.2, 0.25) is 5.91 Å². The highest BCUT2D eigenvalue weighted by molar-refractivity contribution is 5.95. The van der Waals surface area contributed by atoms with E-state index in [0.29, 0.717) is 18.8 Å². The number of amides is 2. The molecule has 0 radical (unpaired) electrons. The fraction of sp³-hybridized carbons (Fsp3) is 0.211. The Labute approximate surface area is 146 Å². The monoisotopic (exact) mass is 336 g/mol. The predicted molar refractivity (Wildman–Crippen MR) is 95.1 cm³/mol. The van der Waals surface area contributed by atoms with E-state index in [1.165, 1.54) is 0 Å². The van der Waals surface area contributed by atoms with Crippen molar-refractivity contribution in [1.82, 2.24) is 19.8 Å². The molecule has 0 aliphatic carbocycles. The minimum absolute atomic E-state index is 0.0482. The zero-order valence-electron chi connectivity index (χ0n) is 14.1. The summed E-state index contributed by atoms with van der Waals surface area (Å²) in [5.74, 6) is -0.476. The molecule has 25 heavy (non-hydrogen) atoms. The van der Waals surface area contributed by atoms with Crippen LogP contribution >= 0.6 is 0 Å². The van der Waals surface area contributed by atoms with E-state index in [9.17, 15) is 9.59 Å². The molecular weight excluding hydrogens is 316 g/mol. The number of benzene rings is 1. The lowest BCUT2D eigenvalue weighted by Gasteiger charge is -2.21. The molecule has 0 atom stereocenters. The van der Waals surface area contributed by atoms with Crippen molar-refractivity contribution in [3.05, 3.63) is 72.1 Å². The highest BCUT2D eigenvalue weighted by Crippen LogP contribution is 2.06. The molecule has 1 N–H and O–H groups in total. The van der Waals surface area contributed by atoms with Crippen LogP contribution in [0.1, 0.15) is 23.0 Å². The van der Waals surface area contributed by atoms with Crippen molar-refractivity contribution in [2.45, 2.75) is 13.5 Å². The van der Waals surface area contributed by atoms with Crippen LogP contribution in [0.2, 0.25) is 0 Å². The highest BCUT2D eigenvalue weighted by Gasteiger charge is 2.15. The average molecular weight is 336 g/mol. The maximum Gasteiger partial charge on any atom is 0.272 e. The molecule has 128 valence electrons. The second-order valence-electron chi connectivity index (χ2n) is 5.68. The Hall–Kier alpha value is -3.15. The smallest absolute Gasteiger partial charge is 0.272 e. The third-order valence-electron chi connectivity index (χ3n) is 3.95. The molecule has 3 rings (SSSR count). The van der Waals surface area contributed by atoms with E-state index in [1.54, 1.807) is 21.7 Å². The van der Waals surface area contributed by atoms with Gasteiger partial charge in [0.15, 0.2) is 5.69 Å². The number of fused-ring (bicyclic) bond motifs is 1. The van der Waals surface area contributed by atoms with Gasteiger partial charge in [0.25, 0.3) is 5.91 Å². The lowest BCUT2D eigenvalue weighted by atomic mass is 10.2. The SMILES string of the molecule is CCN(Cc1ccccc1)C(=O)CNC(=O)c1cc2ccccn2n1. The van der Waals surface area contributed by atoms with Gasteiger partial charge in [-0.05, 0) is 30.7 Å². The van der Waals surface area contributed by atoms with Gasteiger partial charge in [-0.25, -0.2) is 4.52 Å². The maximum atomic E-state index is 12.4. The van der Waals surface area contributed by atoms with E-state index in [1.807, 2.05) is 55.5 Å². The molecular formula is C19H20N4O2. The van der Waals surface area contributed by atoms with Gasteiger partial charge < -0.3 is 10.2 Å². The number of hydrogen-bond donors (Lipinski definition) is 1. The standard InChI is InChI=1S/C19H20N4O2/c1-2-22(14-15-8-4-3-5-9-15)18(24)13-20-19(25)17-12-16-10-6-7-11-23(16)21-17/h3-12H,2,13-14H2,1H3,(H,20,25). The summed E-state index contributed by atoms with van der Waals surface area (Å²) in [7, 11) is 0. The molecule has 0 saturated heterocycles. The van der Waals surface area contributed by atoms with Crippen LogP contribution in [0.5, 0.6) is 0 Å². The van der Waals surface area contributed by atoms with Crippen LogP contribution in [0.25, 0.3) is 5.52 Å². The lowest BCUT2D eigenvalue weighted by molar-refractivity contribution is -0.130. The molecule has 1 aromatic carbocycles. The van der Waals surface area contributed by atoms with Gasteiger partial charge in [-0.3, -0.25) is 9.59 Å². The van der Waals surface area contributed by atoms with E-state index in [2.05, 4.69) is 10.4 Å². The van der Waals surface area contributed by atoms with E-state index in [4.69, 9.17) is 0 Å². The molecule has 0 aliphatic rings. The fourth-order valence-corrected chi connectivity index (χ4v) is 2.59. The van der Waals surface area contributed by atoms with Crippen LogP contribution in [0.15, 0.2) is 60.8 Å². The summed E-state index contributed by atoms with van der Waals surface area (Å²) < 4.78 is 1.63. The summed E-state index contributed by atoms with van der Waals surface area (Å²) in [5, 5.41) is 6.86. The van der Waals surface area contributed by atoms with Crippen molar-refractivity contribution in [1.29, 1.82) is 0 Å². The third-order valence-corrected chi connectivity index (χ3v) is 3.95. The predicted octanol–water partition coefficient (Wildman–Crippen LogP) is 2.11. The number of nitrogens with one attached hydrogen (secondary N) is 1. The van der Waals surface area contributed by atoms with Crippen LogP contribution in [0.3, 0.4) is 0 Å². The molecule has 2 heterocycles. The number of pyridine rings is 1. The fourth-order valence-electron chi connectivity index (χ4n) is 2.59. The summed E-state index contributed by atoms with van der Waals surface area (Å²) in [6, 6.07) is 17.1. The van der Waals surface area contributed by atoms with Crippen molar-refractivity contribution in [3.8, 4) is 0 Å². The molecule has 2 aromatic heterocycles. The topological polar surface area (TPSA) is 66.7 Å². The van der Waals surface area contributed by atoms with Crippen LogP contribution < -0.4 is 5.32 Å². The van der Waals surface area contributed by atoms with Crippen LogP contribution in [-0.2, 0) is 11.3 Å². The maximum absolute atomic E-state index is 12.4. The van der Waals surface area contributed by atoms with Crippen molar-refractivity contribution in [2.24, 2.45) is 0 Å². The molecule has 6 nitrogen and oxygen atoms in total. The van der Waals surface area contributed by atoms with E-state index in [0.717, 1.165) is 11.1 Å². The van der Waals surface area contributed by atoms with Crippen LogP contribution in [0.4, 0.5) is 0 Å². The Morgan fingerprint density at radius 1 is 1.12 bits per heavy atom. The van der Waals surface area contributed by atoms with Gasteiger partial charge in [0.1, 0.15) is 0 Å². The summed E-state index contributed by atoms with van der Waals surface area (Å²) in [4.78, 5) is 26.3. The van der Waals surface area contributed by atoms with Crippen LogP contribution in [-0.4, -0.2) is 39.4 Å². The Kier molecular flexibility index (Phi) is 5.09. The van der Waals surface area contributed by atoms with Gasteiger partial charge in [0.05, 0.1) is 12.1 Å². The first kappa shape index (κ1) is 16.7. The number of nitrogens with zero attached hydrogens (tertiary/aromatic N) is 3. The number of carbonyl (C=O) groups is 2. The van der Waals surface area contributed by atoms with E-state index >= 15 is 0 Å². The second-order valence-corrected chi connectivity index (χ2v) is 5.68. The number of likely N-dealkylation sites (N-methyl/N-ethyl adjacent to an activating group) is 1. The number of rotatable bonds is 6. The minimum Gasteiger partial charge on any atom is -0.342 e. The molecule has 0 spiro atoms. The first-order valence-electron chi connectivity index (χ1n) is 8.21. The summed E-state index contributed by atoms with van der Waals surface area (Å²) >= 11 is 0. The van der Waals surface area contributed by atoms with E-state index < -0.39 is 0 Å². The zero-order chi connectivity index (χ0) is 17.6. The molecule has 0 fully saturated rings. The van der Waals surface area contributed by atoms with Crippen molar-refractivity contribution in [2.75, 3.05) is 13.1 Å². The molecule has 0 bridgehead atoms. The first-order chi connectivity index (χ1) is 12.2. The molecule has 6 heteroatoms. The van der Waals surface area contributed by atoms with Gasteiger partial charge in [-0.15, -0.1) is 0 Å². The average Bonchev–Trinajstić information content (AvgIpc) is 3.09. The molecule has 0 unspecified atom stereocenters. The second kappa shape index (κ2) is 7.61. The quantitative estimate of drug-likeness (QED) is 0.750. The number of aromatic nitrogens is 2. The van der Waals surface area contributed by atoms with Gasteiger partial charge in [-0.1, -0.05) is 36.4 Å². The summed E-state index contributed by atoms with van der Waals surface area (Å²) in [6.45, 7) is 2.98. The lowest BCUT2D eigenvalue weighted by Crippen LogP contribution is -2.39. The van der Waals surface area contributed by atoms with Gasteiger partial charge >= 0.3 is 0 Å². The normalized spacial score (nSPS) is 10.6. The Balaban J connectivity index is 1.59. The summed E-state index contributed by atoms with van der Waals surface area (Å²) in [5.41, 5.74) is 2.19. The number of carbonyl (C=O) groups excluding carboxylic acids is 2. The summed E-state index contributed by atoms with van der Waals surface area (Å²) in [6.07, 6.45) is 1.77. The van der Waals surface area contributed by atoms with Gasteiger partial charge in [0, 0.05) is 19.3 Å². The van der Waals surface area contributed by atoms with Crippen molar-refractivity contribution in [3.63, 3.8) is 0 Å². The highest BCUT2D eigenvalue weighted by atomic mass is 16.2. The van der Waals surface area contributed by atoms with Crippen LogP contribution in [0, 0.1) is 0 Å². The van der Waals surface area contributed by atoms with Crippen molar-refractivity contribution >= 4 is 17.3 Å².